The Morgan fingerprint density at radius 2 is 1.94 bits per heavy atom. The molecular formula is C14H28N2O2. The third-order valence-corrected chi connectivity index (χ3v) is 4.19. The lowest BCUT2D eigenvalue weighted by atomic mass is 9.98. The van der Waals surface area contributed by atoms with Crippen molar-refractivity contribution in [1.29, 1.82) is 0 Å². The van der Waals surface area contributed by atoms with E-state index in [4.69, 9.17) is 0 Å². The summed E-state index contributed by atoms with van der Waals surface area (Å²) < 4.78 is 0. The number of carbonyl (C=O) groups is 1. The van der Waals surface area contributed by atoms with E-state index >= 15 is 0 Å². The first-order chi connectivity index (χ1) is 8.47. The van der Waals surface area contributed by atoms with Gasteiger partial charge in [0.25, 0.3) is 0 Å². The summed E-state index contributed by atoms with van der Waals surface area (Å²) in [6.07, 6.45) is 3.82. The Hall–Kier alpha value is -0.770. The number of piperidine rings is 1. The van der Waals surface area contributed by atoms with Crippen molar-refractivity contribution in [3.05, 3.63) is 0 Å². The first-order valence-corrected chi connectivity index (χ1v) is 7.21. The number of hydrogen-bond donors (Lipinski definition) is 2. The van der Waals surface area contributed by atoms with Crippen molar-refractivity contribution in [3.63, 3.8) is 0 Å². The fraction of sp³-hybridized carbons (Fsp3) is 0.929. The second-order valence-electron chi connectivity index (χ2n) is 5.68. The molecule has 4 unspecified atom stereocenters. The van der Waals surface area contributed by atoms with Crippen LogP contribution < -0.4 is 5.32 Å². The molecule has 1 fully saturated rings. The van der Waals surface area contributed by atoms with Crippen LogP contribution in [-0.2, 0) is 0 Å². The minimum absolute atomic E-state index is 0.0305. The fourth-order valence-electron chi connectivity index (χ4n) is 2.58. The van der Waals surface area contributed by atoms with Gasteiger partial charge in [0.1, 0.15) is 0 Å². The molecule has 2 amide bonds. The van der Waals surface area contributed by atoms with Crippen LogP contribution in [-0.4, -0.2) is 40.8 Å². The van der Waals surface area contributed by atoms with Gasteiger partial charge in [0.05, 0.1) is 6.10 Å². The first kappa shape index (κ1) is 15.3. The van der Waals surface area contributed by atoms with E-state index in [2.05, 4.69) is 19.2 Å². The number of urea groups is 1. The van der Waals surface area contributed by atoms with Crippen LogP contribution in [0.5, 0.6) is 0 Å². The molecule has 1 aliphatic rings. The van der Waals surface area contributed by atoms with Crippen molar-refractivity contribution in [3.8, 4) is 0 Å². The zero-order valence-electron chi connectivity index (χ0n) is 12.1. The van der Waals surface area contributed by atoms with Crippen molar-refractivity contribution in [1.82, 2.24) is 10.2 Å². The molecule has 0 radical (unpaired) electrons. The van der Waals surface area contributed by atoms with Crippen LogP contribution in [0.3, 0.4) is 0 Å². The van der Waals surface area contributed by atoms with Crippen molar-refractivity contribution < 1.29 is 9.90 Å². The van der Waals surface area contributed by atoms with Gasteiger partial charge in [-0.15, -0.1) is 0 Å². The van der Waals surface area contributed by atoms with Gasteiger partial charge in [-0.1, -0.05) is 20.3 Å². The van der Waals surface area contributed by atoms with E-state index in [1.807, 2.05) is 18.7 Å². The number of rotatable bonds is 4. The van der Waals surface area contributed by atoms with E-state index in [0.717, 1.165) is 19.3 Å². The molecule has 0 aromatic carbocycles. The van der Waals surface area contributed by atoms with Crippen molar-refractivity contribution in [2.24, 2.45) is 5.92 Å². The summed E-state index contributed by atoms with van der Waals surface area (Å²) in [5.41, 5.74) is 0. The molecule has 4 nitrogen and oxygen atoms in total. The largest absolute Gasteiger partial charge is 0.391 e. The molecule has 1 rings (SSSR count). The molecule has 4 heteroatoms. The lowest BCUT2D eigenvalue weighted by Gasteiger charge is -2.39. The highest BCUT2D eigenvalue weighted by Crippen LogP contribution is 2.22. The average molecular weight is 256 g/mol. The maximum absolute atomic E-state index is 12.1. The highest BCUT2D eigenvalue weighted by Gasteiger charge is 2.29. The summed E-state index contributed by atoms with van der Waals surface area (Å²) in [6, 6.07) is 0.570. The third-order valence-electron chi connectivity index (χ3n) is 4.19. The highest BCUT2D eigenvalue weighted by atomic mass is 16.3. The summed E-state index contributed by atoms with van der Waals surface area (Å²) in [4.78, 5) is 14.1. The fourth-order valence-corrected chi connectivity index (χ4v) is 2.58. The van der Waals surface area contributed by atoms with Crippen molar-refractivity contribution >= 4 is 6.03 Å². The van der Waals surface area contributed by atoms with Gasteiger partial charge in [0, 0.05) is 18.6 Å². The van der Waals surface area contributed by atoms with Crippen molar-refractivity contribution in [2.75, 3.05) is 6.54 Å². The quantitative estimate of drug-likeness (QED) is 0.811. The topological polar surface area (TPSA) is 52.6 Å². The zero-order chi connectivity index (χ0) is 13.7. The Bertz CT molecular complexity index is 261. The first-order valence-electron chi connectivity index (χ1n) is 7.21. The maximum atomic E-state index is 12.1. The molecular weight excluding hydrogens is 228 g/mol. The molecule has 4 atom stereocenters. The number of nitrogens with one attached hydrogen (secondary N) is 1. The Labute approximate surface area is 111 Å². The number of amides is 2. The molecule has 0 aromatic heterocycles. The average Bonchev–Trinajstić information content (AvgIpc) is 2.34. The Morgan fingerprint density at radius 1 is 1.39 bits per heavy atom. The van der Waals surface area contributed by atoms with Crippen LogP contribution in [0.15, 0.2) is 0 Å². The summed E-state index contributed by atoms with van der Waals surface area (Å²) in [7, 11) is 0. The van der Waals surface area contributed by atoms with Crippen molar-refractivity contribution in [2.45, 2.75) is 71.6 Å². The number of likely N-dealkylation sites (tertiary alicyclic amines) is 1. The number of aliphatic hydroxyl groups excluding tert-OH is 1. The Morgan fingerprint density at radius 3 is 2.44 bits per heavy atom. The van der Waals surface area contributed by atoms with E-state index in [0.29, 0.717) is 18.6 Å². The van der Waals surface area contributed by atoms with Gasteiger partial charge in [0.15, 0.2) is 0 Å². The smallest absolute Gasteiger partial charge is 0.317 e. The predicted molar refractivity (Wildman–Crippen MR) is 73.5 cm³/mol. The second kappa shape index (κ2) is 6.98. The normalized spacial score (nSPS) is 27.7. The van der Waals surface area contributed by atoms with E-state index < -0.39 is 6.10 Å². The second-order valence-corrected chi connectivity index (χ2v) is 5.68. The lowest BCUT2D eigenvalue weighted by molar-refractivity contribution is 0.0976. The number of aliphatic hydroxyl groups is 1. The van der Waals surface area contributed by atoms with Gasteiger partial charge >= 0.3 is 6.03 Å². The monoisotopic (exact) mass is 256 g/mol. The number of carbonyl (C=O) groups excluding carboxylic acids is 1. The van der Waals surface area contributed by atoms with E-state index in [1.54, 1.807) is 0 Å². The van der Waals surface area contributed by atoms with E-state index in [9.17, 15) is 9.90 Å². The molecule has 2 N–H and O–H groups in total. The Kier molecular flexibility index (Phi) is 5.93. The summed E-state index contributed by atoms with van der Waals surface area (Å²) in [5.74, 6) is 0.224. The molecule has 0 aliphatic carbocycles. The number of nitrogens with zero attached hydrogens (tertiary/aromatic N) is 1. The molecule has 106 valence electrons. The van der Waals surface area contributed by atoms with Crippen LogP contribution >= 0.6 is 0 Å². The van der Waals surface area contributed by atoms with Gasteiger partial charge in [0.2, 0.25) is 0 Å². The molecule has 0 spiro atoms. The molecule has 1 aliphatic heterocycles. The van der Waals surface area contributed by atoms with Crippen LogP contribution in [0.25, 0.3) is 0 Å². The molecule has 0 aromatic rings. The summed E-state index contributed by atoms with van der Waals surface area (Å²) in [6.45, 7) is 8.60. The molecule has 0 bridgehead atoms. The standard InChI is InChI=1S/C14H28N2O2/c1-5-10(2)13(17)9-15-14(18)16-11(3)7-6-8-12(16)4/h10-13,17H,5-9H2,1-4H3,(H,15,18). The van der Waals surface area contributed by atoms with Crippen LogP contribution in [0, 0.1) is 5.92 Å². The number of hydrogen-bond acceptors (Lipinski definition) is 2. The van der Waals surface area contributed by atoms with Gasteiger partial charge in [-0.25, -0.2) is 4.79 Å². The summed E-state index contributed by atoms with van der Waals surface area (Å²) in [5, 5.41) is 12.7. The maximum Gasteiger partial charge on any atom is 0.317 e. The zero-order valence-corrected chi connectivity index (χ0v) is 12.1. The van der Waals surface area contributed by atoms with E-state index in [-0.39, 0.29) is 11.9 Å². The highest BCUT2D eigenvalue weighted by molar-refractivity contribution is 5.75. The third kappa shape index (κ3) is 3.87. The molecule has 0 saturated carbocycles. The van der Waals surface area contributed by atoms with Gasteiger partial charge in [-0.3, -0.25) is 0 Å². The molecule has 1 heterocycles. The predicted octanol–water partition coefficient (Wildman–Crippen LogP) is 2.37. The minimum atomic E-state index is -0.450. The van der Waals surface area contributed by atoms with E-state index in [1.165, 1.54) is 6.42 Å². The van der Waals surface area contributed by atoms with Crippen LogP contribution in [0.2, 0.25) is 0 Å². The minimum Gasteiger partial charge on any atom is -0.391 e. The lowest BCUT2D eigenvalue weighted by Crippen LogP contribution is -2.53. The molecule has 1 saturated heterocycles. The van der Waals surface area contributed by atoms with Crippen LogP contribution in [0.1, 0.15) is 53.4 Å². The van der Waals surface area contributed by atoms with Gasteiger partial charge in [-0.05, 0) is 39.0 Å². The van der Waals surface area contributed by atoms with Crippen LogP contribution in [0.4, 0.5) is 4.79 Å². The van der Waals surface area contributed by atoms with Gasteiger partial charge in [-0.2, -0.15) is 0 Å². The van der Waals surface area contributed by atoms with Gasteiger partial charge < -0.3 is 15.3 Å². The SMILES string of the molecule is CCC(C)C(O)CNC(=O)N1C(C)CCCC1C. The Balaban J connectivity index is 2.44. The summed E-state index contributed by atoms with van der Waals surface area (Å²) >= 11 is 0. The molecule has 18 heavy (non-hydrogen) atoms.